The number of hydrogen-bond donors (Lipinski definition) is 2. The number of unbranched alkanes of at least 4 members (excludes halogenated alkanes) is 1. The van der Waals surface area contributed by atoms with Gasteiger partial charge in [0.15, 0.2) is 12.6 Å². The monoisotopic (exact) mass is 504 g/mol. The van der Waals surface area contributed by atoms with E-state index in [1.165, 1.54) is 0 Å². The molecule has 0 saturated heterocycles. The zero-order valence-corrected chi connectivity index (χ0v) is 19.2. The normalized spacial score (nSPS) is 13.4. The topological polar surface area (TPSA) is 75.2 Å². The summed E-state index contributed by atoms with van der Waals surface area (Å²) in [6.45, 7) is 6.08. The van der Waals surface area contributed by atoms with Crippen LogP contribution in [-0.4, -0.2) is 58.4 Å². The van der Waals surface area contributed by atoms with Crippen LogP contribution >= 0.6 is 24.0 Å². The van der Waals surface area contributed by atoms with Gasteiger partial charge in [-0.3, -0.25) is 9.79 Å². The Kier molecular flexibility index (Phi) is 12.6. The SMILES string of the molecule is CCCCOCCCNC(=NC)NCCCN1C(=O)COc2ccccc21.I. The van der Waals surface area contributed by atoms with Crippen LogP contribution in [0, 0.1) is 0 Å². The van der Waals surface area contributed by atoms with Crippen LogP contribution in [0.4, 0.5) is 5.69 Å². The second kappa shape index (κ2) is 14.4. The number of para-hydroxylation sites is 2. The van der Waals surface area contributed by atoms with Crippen molar-refractivity contribution < 1.29 is 14.3 Å². The second-order valence-electron chi connectivity index (χ2n) is 6.40. The number of halogens is 1. The molecular formula is C20H33IN4O3. The Balaban J connectivity index is 0.00000392. The first-order chi connectivity index (χ1) is 13.3. The van der Waals surface area contributed by atoms with Gasteiger partial charge >= 0.3 is 0 Å². The quantitative estimate of drug-likeness (QED) is 0.210. The molecule has 1 aliphatic rings. The zero-order chi connectivity index (χ0) is 19.3. The van der Waals surface area contributed by atoms with Gasteiger partial charge in [0.05, 0.1) is 5.69 Å². The molecule has 0 saturated carbocycles. The van der Waals surface area contributed by atoms with E-state index in [2.05, 4.69) is 22.5 Å². The molecule has 158 valence electrons. The average Bonchev–Trinajstić information content (AvgIpc) is 2.70. The summed E-state index contributed by atoms with van der Waals surface area (Å²) in [4.78, 5) is 18.2. The number of nitrogens with one attached hydrogen (secondary N) is 2. The molecule has 1 aliphatic heterocycles. The Morgan fingerprint density at radius 1 is 1.18 bits per heavy atom. The Labute approximate surface area is 185 Å². The minimum Gasteiger partial charge on any atom is -0.482 e. The van der Waals surface area contributed by atoms with Crippen LogP contribution in [0.5, 0.6) is 5.75 Å². The van der Waals surface area contributed by atoms with Crippen molar-refractivity contribution in [1.29, 1.82) is 0 Å². The summed E-state index contributed by atoms with van der Waals surface area (Å²) in [7, 11) is 1.76. The maximum Gasteiger partial charge on any atom is 0.265 e. The molecule has 0 radical (unpaired) electrons. The molecule has 0 unspecified atom stereocenters. The van der Waals surface area contributed by atoms with Crippen LogP contribution in [0.15, 0.2) is 29.3 Å². The fraction of sp³-hybridized carbons (Fsp3) is 0.600. The lowest BCUT2D eigenvalue weighted by Gasteiger charge is -2.29. The van der Waals surface area contributed by atoms with E-state index in [9.17, 15) is 4.79 Å². The molecule has 1 amide bonds. The highest BCUT2D eigenvalue weighted by atomic mass is 127. The molecule has 1 aromatic rings. The molecule has 0 spiro atoms. The van der Waals surface area contributed by atoms with E-state index in [1.54, 1.807) is 11.9 Å². The maximum atomic E-state index is 12.1. The molecule has 28 heavy (non-hydrogen) atoms. The summed E-state index contributed by atoms with van der Waals surface area (Å²) in [5, 5.41) is 6.57. The number of hydrogen-bond acceptors (Lipinski definition) is 4. The van der Waals surface area contributed by atoms with Gasteiger partial charge in [-0.15, -0.1) is 24.0 Å². The van der Waals surface area contributed by atoms with Crippen LogP contribution in [-0.2, 0) is 9.53 Å². The first-order valence-corrected chi connectivity index (χ1v) is 9.80. The highest BCUT2D eigenvalue weighted by molar-refractivity contribution is 14.0. The molecule has 8 heteroatoms. The number of anilines is 1. The smallest absolute Gasteiger partial charge is 0.265 e. The van der Waals surface area contributed by atoms with Crippen molar-refractivity contribution >= 4 is 41.5 Å². The maximum absolute atomic E-state index is 12.1. The number of ether oxygens (including phenoxy) is 2. The van der Waals surface area contributed by atoms with Crippen molar-refractivity contribution in [2.24, 2.45) is 4.99 Å². The Hall–Kier alpha value is -1.55. The summed E-state index contributed by atoms with van der Waals surface area (Å²) in [5.74, 6) is 1.54. The molecule has 1 aromatic carbocycles. The summed E-state index contributed by atoms with van der Waals surface area (Å²) >= 11 is 0. The van der Waals surface area contributed by atoms with Crippen LogP contribution in [0.1, 0.15) is 32.6 Å². The van der Waals surface area contributed by atoms with Crippen LogP contribution in [0.3, 0.4) is 0 Å². The number of guanidine groups is 1. The van der Waals surface area contributed by atoms with Crippen molar-refractivity contribution in [3.63, 3.8) is 0 Å². The third-order valence-electron chi connectivity index (χ3n) is 4.28. The van der Waals surface area contributed by atoms with Gasteiger partial charge in [-0.25, -0.2) is 0 Å². The lowest BCUT2D eigenvalue weighted by Crippen LogP contribution is -2.42. The molecule has 0 atom stereocenters. The predicted molar refractivity (Wildman–Crippen MR) is 124 cm³/mol. The third-order valence-corrected chi connectivity index (χ3v) is 4.28. The standard InChI is InChI=1S/C20H32N4O3.HI/c1-3-4-14-26-15-8-12-23-20(21-2)22-11-7-13-24-17-9-5-6-10-18(17)27-16-19(24)25;/h5-6,9-10H,3-4,7-8,11-16H2,1-2H3,(H2,21,22,23);1H. The minimum atomic E-state index is -0.000667. The van der Waals surface area contributed by atoms with Gasteiger partial charge in [0.2, 0.25) is 0 Å². The molecule has 0 bridgehead atoms. The van der Waals surface area contributed by atoms with E-state index < -0.39 is 0 Å². The fourth-order valence-electron chi connectivity index (χ4n) is 2.79. The lowest BCUT2D eigenvalue weighted by molar-refractivity contribution is -0.121. The van der Waals surface area contributed by atoms with Gasteiger partial charge in [-0.2, -0.15) is 0 Å². The summed E-state index contributed by atoms with van der Waals surface area (Å²) < 4.78 is 11.0. The molecule has 2 rings (SSSR count). The zero-order valence-electron chi connectivity index (χ0n) is 16.9. The van der Waals surface area contributed by atoms with Crippen molar-refractivity contribution in [3.05, 3.63) is 24.3 Å². The number of nitrogens with zero attached hydrogens (tertiary/aromatic N) is 2. The first kappa shape index (κ1) is 24.5. The fourth-order valence-corrected chi connectivity index (χ4v) is 2.79. The number of carbonyl (C=O) groups is 1. The minimum absolute atomic E-state index is 0. The highest BCUT2D eigenvalue weighted by Crippen LogP contribution is 2.31. The predicted octanol–water partition coefficient (Wildman–Crippen LogP) is 2.79. The number of rotatable bonds is 11. The van der Waals surface area contributed by atoms with E-state index in [1.807, 2.05) is 24.3 Å². The van der Waals surface area contributed by atoms with E-state index in [-0.39, 0.29) is 36.5 Å². The molecule has 1 heterocycles. The number of benzene rings is 1. The summed E-state index contributed by atoms with van der Waals surface area (Å²) in [5.41, 5.74) is 0.847. The van der Waals surface area contributed by atoms with E-state index in [4.69, 9.17) is 9.47 Å². The molecule has 2 N–H and O–H groups in total. The largest absolute Gasteiger partial charge is 0.482 e. The van der Waals surface area contributed by atoms with Gasteiger partial charge in [-0.1, -0.05) is 25.5 Å². The Morgan fingerprint density at radius 2 is 1.89 bits per heavy atom. The molecular weight excluding hydrogens is 471 g/mol. The number of amides is 1. The van der Waals surface area contributed by atoms with Gasteiger partial charge in [-0.05, 0) is 31.4 Å². The van der Waals surface area contributed by atoms with Gasteiger partial charge in [0.1, 0.15) is 5.75 Å². The van der Waals surface area contributed by atoms with Crippen molar-refractivity contribution in [3.8, 4) is 5.75 Å². The first-order valence-electron chi connectivity index (χ1n) is 9.80. The third kappa shape index (κ3) is 8.22. The number of aliphatic imine (C=N–C) groups is 1. The van der Waals surface area contributed by atoms with E-state index in [0.29, 0.717) is 6.54 Å². The van der Waals surface area contributed by atoms with Crippen molar-refractivity contribution in [2.75, 3.05) is 51.4 Å². The van der Waals surface area contributed by atoms with Gasteiger partial charge in [0, 0.05) is 39.9 Å². The van der Waals surface area contributed by atoms with Gasteiger partial charge < -0.3 is 25.0 Å². The van der Waals surface area contributed by atoms with E-state index >= 15 is 0 Å². The lowest BCUT2D eigenvalue weighted by atomic mass is 10.2. The highest BCUT2D eigenvalue weighted by Gasteiger charge is 2.24. The second-order valence-corrected chi connectivity index (χ2v) is 6.40. The van der Waals surface area contributed by atoms with Crippen molar-refractivity contribution in [1.82, 2.24) is 10.6 Å². The summed E-state index contributed by atoms with van der Waals surface area (Å²) in [6, 6.07) is 7.65. The van der Waals surface area contributed by atoms with Crippen molar-refractivity contribution in [2.45, 2.75) is 32.6 Å². The molecule has 0 fully saturated rings. The molecule has 0 aliphatic carbocycles. The number of carbonyl (C=O) groups excluding carboxylic acids is 1. The Bertz CT molecular complexity index is 613. The number of fused-ring (bicyclic) bond motifs is 1. The van der Waals surface area contributed by atoms with Crippen LogP contribution in [0.25, 0.3) is 0 Å². The van der Waals surface area contributed by atoms with E-state index in [0.717, 1.165) is 69.4 Å². The van der Waals surface area contributed by atoms with Crippen LogP contribution < -0.4 is 20.3 Å². The Morgan fingerprint density at radius 3 is 2.64 bits per heavy atom. The van der Waals surface area contributed by atoms with Crippen LogP contribution in [0.2, 0.25) is 0 Å². The molecule has 7 nitrogen and oxygen atoms in total. The average molecular weight is 504 g/mol. The molecule has 0 aromatic heterocycles. The van der Waals surface area contributed by atoms with Gasteiger partial charge in [0.25, 0.3) is 5.91 Å². The summed E-state index contributed by atoms with van der Waals surface area (Å²) in [6.07, 6.45) is 4.05.